The Morgan fingerprint density at radius 3 is 1.71 bits per heavy atom. The van der Waals surface area contributed by atoms with E-state index in [-0.39, 0.29) is 36.4 Å². The van der Waals surface area contributed by atoms with Crippen LogP contribution in [0.25, 0.3) is 0 Å². The van der Waals surface area contributed by atoms with Crippen molar-refractivity contribution in [3.05, 3.63) is 35.9 Å². The van der Waals surface area contributed by atoms with Crippen molar-refractivity contribution in [1.29, 1.82) is 0 Å². The Labute approximate surface area is 185 Å². The van der Waals surface area contributed by atoms with Crippen LogP contribution in [0.3, 0.4) is 0 Å². The van der Waals surface area contributed by atoms with Crippen LogP contribution in [0.4, 0.5) is 0 Å². The van der Waals surface area contributed by atoms with Crippen LogP contribution in [0.5, 0.6) is 0 Å². The normalized spacial score (nSPS) is 40.7. The van der Waals surface area contributed by atoms with Gasteiger partial charge in [0.15, 0.2) is 11.6 Å². The topological polar surface area (TPSA) is 46.2 Å². The van der Waals surface area contributed by atoms with Crippen molar-refractivity contribution in [3.8, 4) is 0 Å². The van der Waals surface area contributed by atoms with Crippen LogP contribution in [0, 0.1) is 5.92 Å². The predicted octanol–water partition coefficient (Wildman–Crippen LogP) is 5.11. The van der Waals surface area contributed by atoms with Crippen LogP contribution in [-0.2, 0) is 30.3 Å². The molecule has 4 atom stereocenters. The van der Waals surface area contributed by atoms with Crippen LogP contribution in [0.1, 0.15) is 76.7 Å². The maximum atomic E-state index is 6.77. The van der Waals surface area contributed by atoms with E-state index >= 15 is 0 Å². The Kier molecular flexibility index (Phi) is 5.39. The van der Waals surface area contributed by atoms with E-state index in [4.69, 9.17) is 23.7 Å². The fraction of sp³-hybridized carbons (Fsp3) is 0.769. The summed E-state index contributed by atoms with van der Waals surface area (Å²) < 4.78 is 33.6. The van der Waals surface area contributed by atoms with Gasteiger partial charge in [0, 0.05) is 31.6 Å². The van der Waals surface area contributed by atoms with E-state index in [9.17, 15) is 0 Å². The highest BCUT2D eigenvalue weighted by Crippen LogP contribution is 2.53. The first kappa shape index (κ1) is 20.6. The third kappa shape index (κ3) is 3.67. The molecular formula is C26H36O5. The molecule has 5 heteroatoms. The molecule has 5 nitrogen and oxygen atoms in total. The molecule has 6 rings (SSSR count). The minimum Gasteiger partial charge on any atom is -0.368 e. The Morgan fingerprint density at radius 2 is 1.19 bits per heavy atom. The van der Waals surface area contributed by atoms with Crippen molar-refractivity contribution >= 4 is 0 Å². The predicted molar refractivity (Wildman–Crippen MR) is 115 cm³/mol. The van der Waals surface area contributed by atoms with E-state index in [0.29, 0.717) is 6.61 Å². The van der Waals surface area contributed by atoms with Gasteiger partial charge in [0.1, 0.15) is 18.3 Å². The van der Waals surface area contributed by atoms with Crippen LogP contribution in [0.2, 0.25) is 0 Å². The highest BCUT2D eigenvalue weighted by atomic mass is 16.8. The molecule has 3 saturated carbocycles. The second kappa shape index (κ2) is 8.11. The summed E-state index contributed by atoms with van der Waals surface area (Å²) >= 11 is 0. The molecule has 1 aromatic carbocycles. The molecule has 2 heterocycles. The number of rotatable bonds is 3. The highest BCUT2D eigenvalue weighted by molar-refractivity contribution is 5.14. The quantitative estimate of drug-likeness (QED) is 0.669. The SMILES string of the molecule is CC1C2OC3(CCCCC3)OC2C(OCc2ccccc2)C2OC3(CCCCC3)OC12. The molecule has 2 spiro atoms. The van der Waals surface area contributed by atoms with Crippen LogP contribution < -0.4 is 0 Å². The fourth-order valence-electron chi connectivity index (χ4n) is 6.62. The maximum absolute atomic E-state index is 6.77. The minimum absolute atomic E-state index is 0.00228. The van der Waals surface area contributed by atoms with Crippen molar-refractivity contribution in [2.45, 2.75) is 120 Å². The number of fused-ring (bicyclic) bond motifs is 2. The zero-order valence-electron chi connectivity index (χ0n) is 18.7. The third-order valence-electron chi connectivity index (χ3n) is 8.25. The largest absolute Gasteiger partial charge is 0.368 e. The molecule has 0 bridgehead atoms. The maximum Gasteiger partial charge on any atom is 0.169 e. The molecule has 5 fully saturated rings. The Balaban J connectivity index is 1.28. The summed E-state index contributed by atoms with van der Waals surface area (Å²) in [5.74, 6) is -0.636. The van der Waals surface area contributed by atoms with Crippen molar-refractivity contribution in [3.63, 3.8) is 0 Å². The first-order valence-corrected chi connectivity index (χ1v) is 12.5. The van der Waals surface area contributed by atoms with Gasteiger partial charge in [-0.2, -0.15) is 0 Å². The summed E-state index contributed by atoms with van der Waals surface area (Å²) in [7, 11) is 0. The Bertz CT molecular complexity index is 712. The molecule has 170 valence electrons. The molecule has 2 aliphatic heterocycles. The summed E-state index contributed by atoms with van der Waals surface area (Å²) in [6.45, 7) is 2.82. The summed E-state index contributed by atoms with van der Waals surface area (Å²) in [5, 5.41) is 0. The van der Waals surface area contributed by atoms with E-state index in [1.54, 1.807) is 0 Å². The van der Waals surface area contributed by atoms with Crippen LogP contribution in [-0.4, -0.2) is 42.1 Å². The van der Waals surface area contributed by atoms with Gasteiger partial charge in [-0.25, -0.2) is 0 Å². The van der Waals surface area contributed by atoms with Crippen molar-refractivity contribution in [2.75, 3.05) is 0 Å². The standard InChI is InChI=1S/C26H36O5/c1-18-20-23(30-25(28-20)13-7-3-8-14-25)22(27-17-19-11-5-2-6-12-19)24-21(18)29-26(31-24)15-9-4-10-16-26/h2,5-6,11-12,18,20-24H,3-4,7-10,13-17H2,1H3. The molecule has 3 aliphatic carbocycles. The van der Waals surface area contributed by atoms with Gasteiger partial charge < -0.3 is 23.7 Å². The zero-order chi connectivity index (χ0) is 20.9. The van der Waals surface area contributed by atoms with Crippen molar-refractivity contribution < 1.29 is 23.7 Å². The molecule has 0 radical (unpaired) electrons. The van der Waals surface area contributed by atoms with Gasteiger partial charge in [-0.05, 0) is 31.2 Å². The molecule has 31 heavy (non-hydrogen) atoms. The summed E-state index contributed by atoms with van der Waals surface area (Å²) in [4.78, 5) is 0. The summed E-state index contributed by atoms with van der Waals surface area (Å²) in [6, 6.07) is 10.4. The Hall–Kier alpha value is -0.980. The van der Waals surface area contributed by atoms with E-state index in [0.717, 1.165) is 25.7 Å². The molecule has 0 aromatic heterocycles. The first-order valence-electron chi connectivity index (χ1n) is 12.5. The zero-order valence-corrected chi connectivity index (χ0v) is 18.7. The molecule has 5 aliphatic rings. The average molecular weight is 429 g/mol. The average Bonchev–Trinajstić information content (AvgIpc) is 3.35. The number of hydrogen-bond donors (Lipinski definition) is 0. The van der Waals surface area contributed by atoms with Crippen molar-refractivity contribution in [2.24, 2.45) is 5.92 Å². The van der Waals surface area contributed by atoms with Gasteiger partial charge >= 0.3 is 0 Å². The van der Waals surface area contributed by atoms with Gasteiger partial charge in [0.25, 0.3) is 0 Å². The first-order chi connectivity index (χ1) is 15.2. The molecule has 0 N–H and O–H groups in total. The molecule has 2 saturated heterocycles. The highest BCUT2D eigenvalue weighted by Gasteiger charge is 2.65. The minimum atomic E-state index is -0.433. The second-order valence-electron chi connectivity index (χ2n) is 10.4. The lowest BCUT2D eigenvalue weighted by Gasteiger charge is -2.41. The van der Waals surface area contributed by atoms with Crippen molar-refractivity contribution in [1.82, 2.24) is 0 Å². The van der Waals surface area contributed by atoms with Crippen LogP contribution in [0.15, 0.2) is 30.3 Å². The fourth-order valence-corrected chi connectivity index (χ4v) is 6.62. The Morgan fingerprint density at radius 1 is 0.710 bits per heavy atom. The van der Waals surface area contributed by atoms with E-state index in [2.05, 4.69) is 31.2 Å². The van der Waals surface area contributed by atoms with Crippen LogP contribution >= 0.6 is 0 Å². The molecule has 0 amide bonds. The summed E-state index contributed by atoms with van der Waals surface area (Å²) in [6.07, 6.45) is 10.8. The number of hydrogen-bond acceptors (Lipinski definition) is 5. The lowest BCUT2D eigenvalue weighted by Crippen LogP contribution is -2.58. The summed E-state index contributed by atoms with van der Waals surface area (Å²) in [5.41, 5.74) is 1.17. The van der Waals surface area contributed by atoms with Gasteiger partial charge in [-0.3, -0.25) is 0 Å². The van der Waals surface area contributed by atoms with E-state index < -0.39 is 11.6 Å². The van der Waals surface area contributed by atoms with E-state index in [1.807, 2.05) is 6.07 Å². The second-order valence-corrected chi connectivity index (χ2v) is 10.4. The lowest BCUT2D eigenvalue weighted by atomic mass is 9.79. The van der Waals surface area contributed by atoms with Gasteiger partial charge in [-0.1, -0.05) is 50.1 Å². The molecule has 4 unspecified atom stereocenters. The molecular weight excluding hydrogens is 392 g/mol. The smallest absolute Gasteiger partial charge is 0.169 e. The number of ether oxygens (including phenoxy) is 5. The lowest BCUT2D eigenvalue weighted by molar-refractivity contribution is -0.225. The molecule has 1 aromatic rings. The van der Waals surface area contributed by atoms with Gasteiger partial charge in [0.05, 0.1) is 18.8 Å². The third-order valence-corrected chi connectivity index (χ3v) is 8.25. The monoisotopic (exact) mass is 428 g/mol. The van der Waals surface area contributed by atoms with Gasteiger partial charge in [0.2, 0.25) is 0 Å². The number of benzene rings is 1. The van der Waals surface area contributed by atoms with E-state index in [1.165, 1.54) is 44.1 Å². The van der Waals surface area contributed by atoms with Gasteiger partial charge in [-0.15, -0.1) is 0 Å².